The third-order valence-corrected chi connectivity index (χ3v) is 4.38. The SMILES string of the molecule is CC.CC(C)(C)OC(=O)c1ccc(Cn2cc(CC[N+](=O)[O-])c3ccccc32)cc1. The van der Waals surface area contributed by atoms with E-state index in [0.717, 1.165) is 22.0 Å². The van der Waals surface area contributed by atoms with Crippen LogP contribution < -0.4 is 0 Å². The molecule has 0 bridgehead atoms. The molecular formula is C24H30N2O4. The summed E-state index contributed by atoms with van der Waals surface area (Å²) < 4.78 is 7.48. The molecule has 0 fully saturated rings. The fourth-order valence-electron chi connectivity index (χ4n) is 3.14. The lowest BCUT2D eigenvalue weighted by Gasteiger charge is -2.19. The van der Waals surface area contributed by atoms with Crippen LogP contribution in [0.2, 0.25) is 0 Å². The highest BCUT2D eigenvalue weighted by Crippen LogP contribution is 2.23. The zero-order valence-electron chi connectivity index (χ0n) is 18.3. The molecule has 6 heteroatoms. The Hall–Kier alpha value is -3.15. The average molecular weight is 411 g/mol. The number of rotatable bonds is 6. The van der Waals surface area contributed by atoms with E-state index in [1.807, 2.05) is 77.2 Å². The van der Waals surface area contributed by atoms with Gasteiger partial charge in [0.1, 0.15) is 5.60 Å². The van der Waals surface area contributed by atoms with Gasteiger partial charge in [0.05, 0.1) is 5.56 Å². The third kappa shape index (κ3) is 6.17. The molecule has 160 valence electrons. The lowest BCUT2D eigenvalue weighted by atomic mass is 10.1. The minimum Gasteiger partial charge on any atom is -0.456 e. The lowest BCUT2D eigenvalue weighted by Crippen LogP contribution is -2.23. The Labute approximate surface area is 177 Å². The first-order valence-corrected chi connectivity index (χ1v) is 10.2. The highest BCUT2D eigenvalue weighted by Gasteiger charge is 2.17. The summed E-state index contributed by atoms with van der Waals surface area (Å²) in [6, 6.07) is 15.3. The highest BCUT2D eigenvalue weighted by molar-refractivity contribution is 5.89. The van der Waals surface area contributed by atoms with E-state index in [2.05, 4.69) is 4.57 Å². The first kappa shape index (κ1) is 23.1. The highest BCUT2D eigenvalue weighted by atomic mass is 16.6. The van der Waals surface area contributed by atoms with Gasteiger partial charge in [0.2, 0.25) is 6.54 Å². The van der Waals surface area contributed by atoms with E-state index in [1.54, 1.807) is 12.1 Å². The van der Waals surface area contributed by atoms with Crippen LogP contribution in [0.4, 0.5) is 0 Å². The Morgan fingerprint density at radius 2 is 1.70 bits per heavy atom. The maximum atomic E-state index is 12.2. The quantitative estimate of drug-likeness (QED) is 0.306. The van der Waals surface area contributed by atoms with Gasteiger partial charge in [-0.25, -0.2) is 4.79 Å². The predicted molar refractivity (Wildman–Crippen MR) is 120 cm³/mol. The van der Waals surface area contributed by atoms with Crippen LogP contribution in [0, 0.1) is 10.1 Å². The molecule has 30 heavy (non-hydrogen) atoms. The molecule has 0 radical (unpaired) electrons. The van der Waals surface area contributed by atoms with E-state index in [-0.39, 0.29) is 17.4 Å². The second-order valence-corrected chi connectivity index (χ2v) is 7.80. The third-order valence-electron chi connectivity index (χ3n) is 4.38. The van der Waals surface area contributed by atoms with Crippen LogP contribution in [0.25, 0.3) is 10.9 Å². The van der Waals surface area contributed by atoms with Gasteiger partial charge in [0.15, 0.2) is 0 Å². The van der Waals surface area contributed by atoms with Gasteiger partial charge >= 0.3 is 5.97 Å². The van der Waals surface area contributed by atoms with Gasteiger partial charge in [0, 0.05) is 35.0 Å². The summed E-state index contributed by atoms with van der Waals surface area (Å²) in [4.78, 5) is 22.6. The normalized spacial score (nSPS) is 11.0. The smallest absolute Gasteiger partial charge is 0.338 e. The Morgan fingerprint density at radius 1 is 1.07 bits per heavy atom. The van der Waals surface area contributed by atoms with Crippen molar-refractivity contribution in [1.29, 1.82) is 0 Å². The van der Waals surface area contributed by atoms with Gasteiger partial charge in [-0.15, -0.1) is 0 Å². The molecule has 0 saturated heterocycles. The molecule has 0 unspecified atom stereocenters. The van der Waals surface area contributed by atoms with Crippen LogP contribution in [-0.2, 0) is 17.7 Å². The lowest BCUT2D eigenvalue weighted by molar-refractivity contribution is -0.479. The molecule has 1 heterocycles. The molecule has 3 aromatic rings. The van der Waals surface area contributed by atoms with Crippen LogP contribution >= 0.6 is 0 Å². The van der Waals surface area contributed by atoms with Gasteiger partial charge < -0.3 is 9.30 Å². The molecule has 1 aromatic heterocycles. The molecule has 0 saturated carbocycles. The molecule has 0 aliphatic heterocycles. The summed E-state index contributed by atoms with van der Waals surface area (Å²) in [5.41, 5.74) is 3.03. The number of nitro groups is 1. The molecule has 2 aromatic carbocycles. The van der Waals surface area contributed by atoms with Crippen molar-refractivity contribution < 1.29 is 14.5 Å². The standard InChI is InChI=1S/C22H24N2O4.C2H6/c1-22(2,3)28-21(25)17-10-8-16(9-11-17)14-23-15-18(12-13-24(26)27)19-6-4-5-7-20(19)23;1-2/h4-11,15H,12-14H2,1-3H3;1-2H3. The summed E-state index contributed by atoms with van der Waals surface area (Å²) >= 11 is 0. The Bertz CT molecular complexity index is 998. The molecular weight excluding hydrogens is 380 g/mol. The molecule has 0 spiro atoms. The van der Waals surface area contributed by atoms with Crippen LogP contribution in [0.15, 0.2) is 54.7 Å². The fraction of sp³-hybridized carbons (Fsp3) is 0.375. The minimum atomic E-state index is -0.528. The van der Waals surface area contributed by atoms with Crippen molar-refractivity contribution in [2.24, 2.45) is 0 Å². The van der Waals surface area contributed by atoms with Crippen molar-refractivity contribution in [3.8, 4) is 0 Å². The maximum absolute atomic E-state index is 12.2. The Morgan fingerprint density at radius 3 is 2.30 bits per heavy atom. The van der Waals surface area contributed by atoms with Crippen LogP contribution in [0.5, 0.6) is 0 Å². The van der Waals surface area contributed by atoms with Gasteiger partial charge in [-0.1, -0.05) is 44.2 Å². The van der Waals surface area contributed by atoms with Crippen molar-refractivity contribution in [2.75, 3.05) is 6.54 Å². The van der Waals surface area contributed by atoms with Crippen LogP contribution in [-0.4, -0.2) is 27.6 Å². The van der Waals surface area contributed by atoms with Crippen molar-refractivity contribution >= 4 is 16.9 Å². The van der Waals surface area contributed by atoms with Crippen molar-refractivity contribution in [2.45, 2.75) is 53.2 Å². The summed E-state index contributed by atoms with van der Waals surface area (Å²) in [6.45, 7) is 10.1. The van der Waals surface area contributed by atoms with E-state index in [1.165, 1.54) is 0 Å². The Kier molecular flexibility index (Phi) is 7.75. The number of esters is 1. The first-order valence-electron chi connectivity index (χ1n) is 10.2. The number of carbonyl (C=O) groups excluding carboxylic acids is 1. The first-order chi connectivity index (χ1) is 14.2. The summed E-state index contributed by atoms with van der Waals surface area (Å²) in [7, 11) is 0. The van der Waals surface area contributed by atoms with Gasteiger partial charge in [-0.05, 0) is 50.1 Å². The monoisotopic (exact) mass is 410 g/mol. The summed E-state index contributed by atoms with van der Waals surface area (Å²) in [6.07, 6.45) is 2.38. The molecule has 0 aliphatic carbocycles. The number of carbonyl (C=O) groups is 1. The maximum Gasteiger partial charge on any atom is 0.338 e. The minimum absolute atomic E-state index is 0.0847. The van der Waals surface area contributed by atoms with Crippen molar-refractivity contribution in [3.63, 3.8) is 0 Å². The zero-order chi connectivity index (χ0) is 22.3. The number of aromatic nitrogens is 1. The largest absolute Gasteiger partial charge is 0.456 e. The van der Waals surface area contributed by atoms with E-state index in [0.29, 0.717) is 18.5 Å². The molecule has 0 N–H and O–H groups in total. The van der Waals surface area contributed by atoms with E-state index < -0.39 is 5.60 Å². The number of ether oxygens (including phenoxy) is 1. The summed E-state index contributed by atoms with van der Waals surface area (Å²) in [5.74, 6) is -0.340. The zero-order valence-corrected chi connectivity index (χ0v) is 18.3. The number of hydrogen-bond acceptors (Lipinski definition) is 4. The van der Waals surface area contributed by atoms with E-state index in [9.17, 15) is 14.9 Å². The second kappa shape index (κ2) is 10.1. The predicted octanol–water partition coefficient (Wildman–Crippen LogP) is 5.49. The van der Waals surface area contributed by atoms with E-state index >= 15 is 0 Å². The molecule has 3 rings (SSSR count). The fourth-order valence-corrected chi connectivity index (χ4v) is 3.14. The van der Waals surface area contributed by atoms with Gasteiger partial charge in [0.25, 0.3) is 0 Å². The second-order valence-electron chi connectivity index (χ2n) is 7.80. The van der Waals surface area contributed by atoms with Gasteiger partial charge in [-0.3, -0.25) is 10.1 Å². The summed E-state index contributed by atoms with van der Waals surface area (Å²) in [5, 5.41) is 11.8. The molecule has 0 amide bonds. The number of nitrogens with zero attached hydrogens (tertiary/aromatic N) is 2. The molecule has 6 nitrogen and oxygen atoms in total. The Balaban J connectivity index is 0.00000155. The van der Waals surface area contributed by atoms with Crippen molar-refractivity contribution in [1.82, 2.24) is 4.57 Å². The topological polar surface area (TPSA) is 74.4 Å². The van der Waals surface area contributed by atoms with Gasteiger partial charge in [-0.2, -0.15) is 0 Å². The van der Waals surface area contributed by atoms with Crippen LogP contribution in [0.3, 0.4) is 0 Å². The number of benzene rings is 2. The number of para-hydroxylation sites is 1. The average Bonchev–Trinajstić information content (AvgIpc) is 3.05. The van der Waals surface area contributed by atoms with E-state index in [4.69, 9.17) is 4.74 Å². The van der Waals surface area contributed by atoms with Crippen molar-refractivity contribution in [3.05, 3.63) is 81.5 Å². The number of fused-ring (bicyclic) bond motifs is 1. The molecule has 0 atom stereocenters. The molecule has 0 aliphatic rings. The number of hydrogen-bond donors (Lipinski definition) is 0. The van der Waals surface area contributed by atoms with Crippen LogP contribution in [0.1, 0.15) is 56.1 Å².